The Morgan fingerprint density at radius 2 is 1.52 bits per heavy atom. The van der Waals surface area contributed by atoms with Crippen molar-refractivity contribution in [3.8, 4) is 28.2 Å². The van der Waals surface area contributed by atoms with Gasteiger partial charge in [-0.3, -0.25) is 14.0 Å². The number of fused-ring (bicyclic) bond motifs is 1. The largest absolute Gasteiger partial charge is 0.366 e. The molecule has 0 fully saturated rings. The van der Waals surface area contributed by atoms with Gasteiger partial charge in [-0.1, -0.05) is 103 Å². The van der Waals surface area contributed by atoms with E-state index in [-0.39, 0.29) is 10.8 Å². The normalized spacial score (nSPS) is 14.5. The van der Waals surface area contributed by atoms with Gasteiger partial charge in [-0.25, -0.2) is 18.4 Å². The molecule has 1 aliphatic carbocycles. The summed E-state index contributed by atoms with van der Waals surface area (Å²) in [5, 5.41) is 5.45. The van der Waals surface area contributed by atoms with Gasteiger partial charge < -0.3 is 5.73 Å². The highest BCUT2D eigenvalue weighted by molar-refractivity contribution is 7.90. The van der Waals surface area contributed by atoms with Gasteiger partial charge in [-0.2, -0.15) is 5.10 Å². The number of rotatable bonds is 9. The van der Waals surface area contributed by atoms with Crippen molar-refractivity contribution in [2.75, 3.05) is 6.26 Å². The predicted molar refractivity (Wildman–Crippen MR) is 203 cm³/mol. The molecule has 0 saturated heterocycles. The Kier molecular flexibility index (Phi) is 8.23. The van der Waals surface area contributed by atoms with E-state index in [9.17, 15) is 13.2 Å². The van der Waals surface area contributed by atoms with E-state index in [1.165, 1.54) is 12.5 Å². The van der Waals surface area contributed by atoms with Gasteiger partial charge in [-0.15, -0.1) is 0 Å². The maximum Gasteiger partial charge on any atom is 0.250 e. The molecule has 0 radical (unpaired) electrons. The summed E-state index contributed by atoms with van der Waals surface area (Å²) >= 11 is 0. The number of hydrogen-bond acceptors (Lipinski definition) is 6. The lowest BCUT2D eigenvalue weighted by atomic mass is 9.70. The highest BCUT2D eigenvalue weighted by Gasteiger charge is 2.44. The summed E-state index contributed by atoms with van der Waals surface area (Å²) in [7, 11) is -3.41. The average molecular weight is 703 g/mol. The van der Waals surface area contributed by atoms with Crippen molar-refractivity contribution in [1.82, 2.24) is 24.3 Å². The van der Waals surface area contributed by atoms with Gasteiger partial charge in [0.25, 0.3) is 0 Å². The van der Waals surface area contributed by atoms with Crippen LogP contribution in [0.2, 0.25) is 0 Å². The van der Waals surface area contributed by atoms with E-state index in [1.54, 1.807) is 30.6 Å². The summed E-state index contributed by atoms with van der Waals surface area (Å²) in [4.78, 5) is 21.1. The third-order valence-corrected chi connectivity index (χ3v) is 10.8. The minimum atomic E-state index is -3.41. The maximum absolute atomic E-state index is 12.4. The maximum atomic E-state index is 12.4. The van der Waals surface area contributed by atoms with Gasteiger partial charge in [-0.05, 0) is 59.5 Å². The SMILES string of the molecule is CS(=O)(=O)c1ccc(-c2nn(C(c3ccccc3)(c3ccccc3)C3C=CC=CC3)cc2-c2ccc3ncn(-c4ccc(C(N)=O)cn4)c3c2)cc1. The van der Waals surface area contributed by atoms with Gasteiger partial charge in [0.05, 0.1) is 21.5 Å². The molecule has 3 aromatic heterocycles. The van der Waals surface area contributed by atoms with E-state index < -0.39 is 21.3 Å². The minimum Gasteiger partial charge on any atom is -0.366 e. The van der Waals surface area contributed by atoms with E-state index in [0.29, 0.717) is 17.1 Å². The molecule has 9 nitrogen and oxygen atoms in total. The predicted octanol–water partition coefficient (Wildman–Crippen LogP) is 7.38. The summed E-state index contributed by atoms with van der Waals surface area (Å²) < 4.78 is 28.8. The van der Waals surface area contributed by atoms with E-state index in [4.69, 9.17) is 10.8 Å². The van der Waals surface area contributed by atoms with Crippen LogP contribution in [0.3, 0.4) is 0 Å². The Morgan fingerprint density at radius 3 is 2.12 bits per heavy atom. The van der Waals surface area contributed by atoms with Crippen LogP contribution in [0.1, 0.15) is 27.9 Å². The molecule has 1 amide bonds. The van der Waals surface area contributed by atoms with Crippen LogP contribution in [0.4, 0.5) is 0 Å². The summed E-state index contributed by atoms with van der Waals surface area (Å²) in [5.74, 6) is 0.0443. The smallest absolute Gasteiger partial charge is 0.250 e. The van der Waals surface area contributed by atoms with Gasteiger partial charge in [0, 0.05) is 35.7 Å². The standard InChI is InChI=1S/C42H34N6O3S/c1-52(50,51)35-21-17-29(18-22-35)40-36(30-19-23-37-38(25-30)47(28-45-37)39-24-20-31(26-44-39)41(43)49)27-48(46-40)42(32-11-5-2-6-12-32,33-13-7-3-8-14-33)34-15-9-4-10-16-34/h2-15,17-28,34H,16H2,1H3,(H2,43,49). The molecule has 1 aliphatic rings. The third kappa shape index (κ3) is 5.72. The highest BCUT2D eigenvalue weighted by atomic mass is 32.2. The first-order valence-electron chi connectivity index (χ1n) is 16.8. The number of carbonyl (C=O) groups is 1. The van der Waals surface area contributed by atoms with Crippen molar-refractivity contribution in [2.45, 2.75) is 16.9 Å². The molecule has 10 heteroatoms. The van der Waals surface area contributed by atoms with Crippen LogP contribution in [0.25, 0.3) is 39.2 Å². The van der Waals surface area contributed by atoms with Crippen molar-refractivity contribution < 1.29 is 13.2 Å². The lowest BCUT2D eigenvalue weighted by Gasteiger charge is -2.41. The van der Waals surface area contributed by atoms with Crippen molar-refractivity contribution >= 4 is 26.8 Å². The van der Waals surface area contributed by atoms with E-state index >= 15 is 0 Å². The average Bonchev–Trinajstić information content (AvgIpc) is 3.82. The Labute approximate surface area is 301 Å². The monoisotopic (exact) mass is 702 g/mol. The van der Waals surface area contributed by atoms with E-state index in [0.717, 1.165) is 45.3 Å². The Balaban J connectivity index is 1.39. The molecule has 4 aromatic carbocycles. The molecule has 52 heavy (non-hydrogen) atoms. The topological polar surface area (TPSA) is 126 Å². The lowest BCUT2D eigenvalue weighted by molar-refractivity contribution is 0.1000. The fourth-order valence-electron chi connectivity index (χ4n) is 7.18. The quantitative estimate of drug-likeness (QED) is 0.167. The second kappa shape index (κ2) is 13.1. The molecule has 256 valence electrons. The van der Waals surface area contributed by atoms with E-state index in [2.05, 4.69) is 99.7 Å². The zero-order valence-electron chi connectivity index (χ0n) is 28.2. The molecule has 0 saturated carbocycles. The van der Waals surface area contributed by atoms with Gasteiger partial charge >= 0.3 is 0 Å². The van der Waals surface area contributed by atoms with Crippen molar-refractivity contribution in [3.05, 3.63) is 175 Å². The van der Waals surface area contributed by atoms with Crippen molar-refractivity contribution in [1.29, 1.82) is 0 Å². The second-order valence-electron chi connectivity index (χ2n) is 12.9. The van der Waals surface area contributed by atoms with Crippen LogP contribution < -0.4 is 5.73 Å². The van der Waals surface area contributed by atoms with Gasteiger partial charge in [0.2, 0.25) is 5.91 Å². The number of sulfone groups is 1. The van der Waals surface area contributed by atoms with Crippen LogP contribution in [-0.4, -0.2) is 44.9 Å². The number of primary amides is 1. The molecule has 8 rings (SSSR count). The molecular weight excluding hydrogens is 669 g/mol. The first-order valence-corrected chi connectivity index (χ1v) is 18.7. The first-order chi connectivity index (χ1) is 25.2. The number of hydrogen-bond donors (Lipinski definition) is 1. The second-order valence-corrected chi connectivity index (χ2v) is 14.9. The van der Waals surface area contributed by atoms with Gasteiger partial charge in [0.15, 0.2) is 9.84 Å². The number of nitrogens with two attached hydrogens (primary N) is 1. The van der Waals surface area contributed by atoms with Crippen molar-refractivity contribution in [3.63, 3.8) is 0 Å². The number of carbonyl (C=O) groups excluding carboxylic acids is 1. The molecule has 0 spiro atoms. The number of aromatic nitrogens is 5. The van der Waals surface area contributed by atoms with Crippen LogP contribution >= 0.6 is 0 Å². The molecule has 2 N–H and O–H groups in total. The highest BCUT2D eigenvalue weighted by Crippen LogP contribution is 2.46. The van der Waals surface area contributed by atoms with Crippen LogP contribution in [0.5, 0.6) is 0 Å². The molecule has 1 atom stereocenters. The molecular formula is C42H34N6O3S. The summed E-state index contributed by atoms with van der Waals surface area (Å²) in [6, 6.07) is 37.2. The summed E-state index contributed by atoms with van der Waals surface area (Å²) in [6.45, 7) is 0. The van der Waals surface area contributed by atoms with Crippen molar-refractivity contribution in [2.24, 2.45) is 11.7 Å². The molecule has 7 aromatic rings. The third-order valence-electron chi connectivity index (χ3n) is 9.71. The number of pyridine rings is 1. The molecule has 3 heterocycles. The first kappa shape index (κ1) is 32.8. The van der Waals surface area contributed by atoms with E-state index in [1.807, 2.05) is 41.0 Å². The number of imidazole rings is 1. The Hall–Kier alpha value is -6.39. The Morgan fingerprint density at radius 1 is 0.827 bits per heavy atom. The van der Waals surface area contributed by atoms with Crippen LogP contribution in [0, 0.1) is 5.92 Å². The minimum absolute atomic E-state index is 0.00821. The number of benzene rings is 4. The number of allylic oxidation sites excluding steroid dienone is 4. The molecule has 0 bridgehead atoms. The zero-order valence-corrected chi connectivity index (χ0v) is 29.1. The number of amides is 1. The zero-order chi connectivity index (χ0) is 35.9. The lowest BCUT2D eigenvalue weighted by Crippen LogP contribution is -2.43. The number of nitrogens with zero attached hydrogens (tertiary/aromatic N) is 5. The molecule has 0 aliphatic heterocycles. The summed E-state index contributed by atoms with van der Waals surface area (Å²) in [6.07, 6.45) is 15.9. The van der Waals surface area contributed by atoms with Crippen LogP contribution in [-0.2, 0) is 15.4 Å². The fraction of sp³-hybridized carbons (Fsp3) is 0.0952. The fourth-order valence-corrected chi connectivity index (χ4v) is 7.81. The summed E-state index contributed by atoms with van der Waals surface area (Å²) in [5.41, 5.74) is 12.0. The Bertz CT molecular complexity index is 2550. The van der Waals surface area contributed by atoms with Gasteiger partial charge in [0.1, 0.15) is 23.4 Å². The molecule has 1 unspecified atom stereocenters. The van der Waals surface area contributed by atoms with Crippen LogP contribution in [0.15, 0.2) is 163 Å².